The van der Waals surface area contributed by atoms with Crippen LogP contribution in [0.3, 0.4) is 0 Å². The molecule has 54 heavy (non-hydrogen) atoms. The van der Waals surface area contributed by atoms with E-state index in [1.807, 2.05) is 21.1 Å². The molecule has 0 amide bonds. The van der Waals surface area contributed by atoms with Gasteiger partial charge in [-0.15, -0.1) is 0 Å². The summed E-state index contributed by atoms with van der Waals surface area (Å²) < 4.78 is 33.9. The zero-order chi connectivity index (χ0) is 40.0. The van der Waals surface area contributed by atoms with Crippen LogP contribution in [0.5, 0.6) is 0 Å². The molecule has 0 rings (SSSR count). The molecule has 9 nitrogen and oxygen atoms in total. The van der Waals surface area contributed by atoms with Crippen LogP contribution in [0.15, 0.2) is 0 Å². The van der Waals surface area contributed by atoms with Crippen molar-refractivity contribution in [3.63, 3.8) is 0 Å². The summed E-state index contributed by atoms with van der Waals surface area (Å²) in [6, 6.07) is 0. The monoisotopic (exact) mass is 790 g/mol. The molecule has 1 unspecified atom stereocenters. The van der Waals surface area contributed by atoms with Gasteiger partial charge in [-0.05, 0) is 12.8 Å². The maximum atomic E-state index is 12.7. The predicted molar refractivity (Wildman–Crippen MR) is 222 cm³/mol. The number of esters is 2. The van der Waals surface area contributed by atoms with E-state index in [2.05, 4.69) is 13.8 Å². The largest absolute Gasteiger partial charge is 0.756 e. The van der Waals surface area contributed by atoms with Gasteiger partial charge in [0.1, 0.15) is 19.8 Å². The second kappa shape index (κ2) is 37.6. The van der Waals surface area contributed by atoms with E-state index < -0.39 is 26.5 Å². The standard InChI is InChI=1S/C44H88NO8P/c1-6-8-10-12-14-16-18-20-22-24-26-28-30-32-34-36-43(46)50-40-42(41-52-54(48,49)51-39-38-45(3,4)5)53-44(47)37-35-33-31-29-27-25-23-21-19-17-15-13-11-9-7-2/h42H,6-41H2,1-5H3/t42-/m1/s1. The first-order valence-electron chi connectivity index (χ1n) is 22.7. The highest BCUT2D eigenvalue weighted by Crippen LogP contribution is 2.38. The van der Waals surface area contributed by atoms with Gasteiger partial charge in [0.2, 0.25) is 0 Å². The highest BCUT2D eigenvalue weighted by molar-refractivity contribution is 7.45. The minimum Gasteiger partial charge on any atom is -0.756 e. The van der Waals surface area contributed by atoms with Gasteiger partial charge in [-0.1, -0.05) is 194 Å². The molecule has 0 saturated carbocycles. The Kier molecular flexibility index (Phi) is 36.9. The van der Waals surface area contributed by atoms with Crippen LogP contribution >= 0.6 is 7.82 Å². The van der Waals surface area contributed by atoms with Crippen molar-refractivity contribution in [3.8, 4) is 0 Å². The molecular formula is C44H88NO8P. The number of carbonyl (C=O) groups excluding carboxylic acids is 2. The first-order valence-corrected chi connectivity index (χ1v) is 24.2. The Morgan fingerprint density at radius 2 is 0.833 bits per heavy atom. The molecule has 0 aromatic rings. The number of unbranched alkanes of at least 4 members (excludes halogenated alkanes) is 28. The topological polar surface area (TPSA) is 111 Å². The number of hydrogen-bond donors (Lipinski definition) is 0. The second-order valence-electron chi connectivity index (χ2n) is 16.8. The lowest BCUT2D eigenvalue weighted by Crippen LogP contribution is -2.37. The highest BCUT2D eigenvalue weighted by atomic mass is 31.2. The van der Waals surface area contributed by atoms with Crippen molar-refractivity contribution >= 4 is 19.8 Å². The van der Waals surface area contributed by atoms with E-state index in [0.717, 1.165) is 32.1 Å². The van der Waals surface area contributed by atoms with Gasteiger partial charge in [0, 0.05) is 12.8 Å². The lowest BCUT2D eigenvalue weighted by atomic mass is 10.0. The van der Waals surface area contributed by atoms with Crippen molar-refractivity contribution in [2.24, 2.45) is 0 Å². The lowest BCUT2D eigenvalue weighted by Gasteiger charge is -2.28. The molecule has 0 N–H and O–H groups in total. The predicted octanol–water partition coefficient (Wildman–Crippen LogP) is 12.2. The summed E-state index contributed by atoms with van der Waals surface area (Å²) in [5.41, 5.74) is 0. The molecule has 0 spiro atoms. The summed E-state index contributed by atoms with van der Waals surface area (Å²) in [5.74, 6) is -0.818. The Labute approximate surface area is 334 Å². The van der Waals surface area contributed by atoms with E-state index in [9.17, 15) is 19.0 Å². The third-order valence-corrected chi connectivity index (χ3v) is 11.1. The van der Waals surface area contributed by atoms with E-state index in [0.29, 0.717) is 17.4 Å². The number of carbonyl (C=O) groups is 2. The fourth-order valence-electron chi connectivity index (χ4n) is 6.54. The number of quaternary nitrogens is 1. The summed E-state index contributed by atoms with van der Waals surface area (Å²) in [7, 11) is 1.18. The van der Waals surface area contributed by atoms with E-state index in [1.165, 1.54) is 154 Å². The van der Waals surface area contributed by atoms with Gasteiger partial charge in [-0.3, -0.25) is 14.2 Å². The van der Waals surface area contributed by atoms with Crippen LogP contribution in [0.25, 0.3) is 0 Å². The zero-order valence-electron chi connectivity index (χ0n) is 36.2. The Morgan fingerprint density at radius 3 is 1.19 bits per heavy atom. The zero-order valence-corrected chi connectivity index (χ0v) is 37.1. The third kappa shape index (κ3) is 40.7. The molecule has 0 radical (unpaired) electrons. The quantitative estimate of drug-likeness (QED) is 0.0260. The Balaban J connectivity index is 4.30. The van der Waals surface area contributed by atoms with Crippen LogP contribution in [0.2, 0.25) is 0 Å². The third-order valence-electron chi connectivity index (χ3n) is 10.1. The fourth-order valence-corrected chi connectivity index (χ4v) is 7.27. The van der Waals surface area contributed by atoms with Crippen LogP contribution in [0.1, 0.15) is 219 Å². The number of phosphoric acid groups is 1. The van der Waals surface area contributed by atoms with Crippen LogP contribution in [-0.2, 0) is 32.7 Å². The first-order chi connectivity index (χ1) is 26.0. The minimum atomic E-state index is -4.62. The van der Waals surface area contributed by atoms with Gasteiger partial charge < -0.3 is 27.9 Å². The molecular weight excluding hydrogens is 701 g/mol. The fraction of sp³-hybridized carbons (Fsp3) is 0.955. The van der Waals surface area contributed by atoms with Crippen molar-refractivity contribution in [2.75, 3.05) is 47.5 Å². The number of rotatable bonds is 42. The van der Waals surface area contributed by atoms with E-state index in [1.54, 1.807) is 0 Å². The van der Waals surface area contributed by atoms with Crippen molar-refractivity contribution in [2.45, 2.75) is 225 Å². The lowest BCUT2D eigenvalue weighted by molar-refractivity contribution is -0.870. The number of nitrogens with zero attached hydrogens (tertiary/aromatic N) is 1. The minimum absolute atomic E-state index is 0.0256. The van der Waals surface area contributed by atoms with E-state index in [-0.39, 0.29) is 32.0 Å². The van der Waals surface area contributed by atoms with Gasteiger partial charge in [-0.25, -0.2) is 0 Å². The van der Waals surface area contributed by atoms with Crippen LogP contribution < -0.4 is 4.89 Å². The Hall–Kier alpha value is -0.990. The first kappa shape index (κ1) is 53.0. The number of likely N-dealkylation sites (N-methyl/N-ethyl adjacent to an activating group) is 1. The number of ether oxygens (including phenoxy) is 2. The van der Waals surface area contributed by atoms with Gasteiger partial charge in [0.05, 0.1) is 27.7 Å². The highest BCUT2D eigenvalue weighted by Gasteiger charge is 2.21. The van der Waals surface area contributed by atoms with Gasteiger partial charge in [-0.2, -0.15) is 0 Å². The number of hydrogen-bond acceptors (Lipinski definition) is 8. The molecule has 0 aromatic carbocycles. The molecule has 0 saturated heterocycles. The second-order valence-corrected chi connectivity index (χ2v) is 18.2. The average Bonchev–Trinajstić information content (AvgIpc) is 3.12. The molecule has 0 fully saturated rings. The Bertz CT molecular complexity index is 896. The maximum Gasteiger partial charge on any atom is 0.306 e. The smallest absolute Gasteiger partial charge is 0.306 e. The maximum absolute atomic E-state index is 12.7. The number of phosphoric ester groups is 1. The van der Waals surface area contributed by atoms with Crippen LogP contribution in [0, 0.1) is 0 Å². The van der Waals surface area contributed by atoms with Crippen molar-refractivity contribution < 1.29 is 42.1 Å². The molecule has 0 heterocycles. The summed E-state index contributed by atoms with van der Waals surface area (Å²) >= 11 is 0. The van der Waals surface area contributed by atoms with Gasteiger partial charge in [0.15, 0.2) is 6.10 Å². The molecule has 2 atom stereocenters. The van der Waals surface area contributed by atoms with E-state index in [4.69, 9.17) is 18.5 Å². The van der Waals surface area contributed by atoms with Crippen molar-refractivity contribution in [1.29, 1.82) is 0 Å². The summed E-state index contributed by atoms with van der Waals surface area (Å²) in [5, 5.41) is 0. The molecule has 322 valence electrons. The van der Waals surface area contributed by atoms with Crippen LogP contribution in [0.4, 0.5) is 0 Å². The van der Waals surface area contributed by atoms with Crippen LogP contribution in [-0.4, -0.2) is 70.0 Å². The molecule has 0 aliphatic heterocycles. The summed E-state index contributed by atoms with van der Waals surface area (Å²) in [4.78, 5) is 37.5. The van der Waals surface area contributed by atoms with Crippen molar-refractivity contribution in [3.05, 3.63) is 0 Å². The molecule has 10 heteroatoms. The molecule has 0 aromatic heterocycles. The average molecular weight is 790 g/mol. The molecule has 0 aliphatic rings. The SMILES string of the molecule is CCCCCCCCCCCCCCCCCC(=O)OC[C@H](COP(=O)([O-])OCC[N+](C)(C)C)OC(=O)CCCCCCCCCCCCCCCCC. The van der Waals surface area contributed by atoms with Crippen molar-refractivity contribution in [1.82, 2.24) is 0 Å². The Morgan fingerprint density at radius 1 is 0.500 bits per heavy atom. The van der Waals surface area contributed by atoms with Gasteiger partial charge in [0.25, 0.3) is 7.82 Å². The molecule has 0 bridgehead atoms. The molecule has 0 aliphatic carbocycles. The van der Waals surface area contributed by atoms with Gasteiger partial charge >= 0.3 is 11.9 Å². The summed E-state index contributed by atoms with van der Waals surface area (Å²) in [6.07, 6.45) is 36.9. The normalized spacial score (nSPS) is 13.5. The van der Waals surface area contributed by atoms with E-state index >= 15 is 0 Å². The summed E-state index contributed by atoms with van der Waals surface area (Å²) in [6.45, 7) is 4.27.